The van der Waals surface area contributed by atoms with Crippen molar-refractivity contribution in [1.29, 1.82) is 0 Å². The molecular weight excluding hydrogens is 412 g/mol. The largest absolute Gasteiger partial charge is 0.465 e. The van der Waals surface area contributed by atoms with Gasteiger partial charge in [-0.2, -0.15) is 0 Å². The molecule has 4 nitrogen and oxygen atoms in total. The van der Waals surface area contributed by atoms with Crippen LogP contribution in [-0.2, 0) is 9.47 Å². The van der Waals surface area contributed by atoms with E-state index in [-0.39, 0.29) is 6.61 Å². The van der Waals surface area contributed by atoms with Crippen LogP contribution in [-0.4, -0.2) is 25.7 Å². The predicted molar refractivity (Wildman–Crippen MR) is 136 cm³/mol. The Morgan fingerprint density at radius 3 is 1.55 bits per heavy atom. The molecule has 0 saturated heterocycles. The molecule has 0 N–H and O–H groups in total. The highest BCUT2D eigenvalue weighted by atomic mass is 16.5. The zero-order valence-corrected chi connectivity index (χ0v) is 21.2. The van der Waals surface area contributed by atoms with Gasteiger partial charge in [0.15, 0.2) is 0 Å². The van der Waals surface area contributed by atoms with Gasteiger partial charge < -0.3 is 9.47 Å². The molecule has 1 aromatic carbocycles. The van der Waals surface area contributed by atoms with E-state index in [0.29, 0.717) is 11.1 Å². The predicted octanol–water partition coefficient (Wildman–Crippen LogP) is 7.78. The number of benzene rings is 1. The summed E-state index contributed by atoms with van der Waals surface area (Å²) in [6, 6.07) is 6.25. The molecule has 0 atom stereocenters. The Morgan fingerprint density at radius 2 is 1.09 bits per heavy atom. The number of carbonyl (C=O) groups is 2. The fourth-order valence-electron chi connectivity index (χ4n) is 3.19. The van der Waals surface area contributed by atoms with Gasteiger partial charge in [-0.25, -0.2) is 9.59 Å². The Labute approximate surface area is 200 Å². The number of hydrogen-bond acceptors (Lipinski definition) is 4. The highest BCUT2D eigenvalue weighted by Crippen LogP contribution is 2.14. The van der Waals surface area contributed by atoms with Gasteiger partial charge in [0, 0.05) is 0 Å². The molecule has 0 bridgehead atoms. The second-order valence-corrected chi connectivity index (χ2v) is 8.72. The van der Waals surface area contributed by atoms with Crippen molar-refractivity contribution >= 4 is 11.9 Å². The van der Waals surface area contributed by atoms with Gasteiger partial charge in [0.2, 0.25) is 0 Å². The molecule has 0 aliphatic heterocycles. The number of methoxy groups -OCH3 is 1. The summed E-state index contributed by atoms with van der Waals surface area (Å²) < 4.78 is 9.96. The smallest absolute Gasteiger partial charge is 0.338 e. The van der Waals surface area contributed by atoms with Gasteiger partial charge in [-0.05, 0) is 103 Å². The Morgan fingerprint density at radius 1 is 0.667 bits per heavy atom. The molecule has 0 heterocycles. The first kappa shape index (κ1) is 28.2. The quantitative estimate of drug-likeness (QED) is 0.226. The minimum absolute atomic E-state index is 0.239. The second-order valence-electron chi connectivity index (χ2n) is 8.72. The number of rotatable bonds is 13. The summed E-state index contributed by atoms with van der Waals surface area (Å²) in [7, 11) is 1.32. The Balaban J connectivity index is 2.32. The molecule has 180 valence electrons. The molecule has 0 spiro atoms. The van der Waals surface area contributed by atoms with Gasteiger partial charge in [-0.15, -0.1) is 0 Å². The van der Waals surface area contributed by atoms with Crippen molar-refractivity contribution in [3.63, 3.8) is 0 Å². The molecule has 1 aromatic rings. The van der Waals surface area contributed by atoms with Crippen LogP contribution in [0.4, 0.5) is 0 Å². The maximum Gasteiger partial charge on any atom is 0.338 e. The van der Waals surface area contributed by atoms with Crippen molar-refractivity contribution in [2.24, 2.45) is 0 Å². The van der Waals surface area contributed by atoms with Crippen molar-refractivity contribution in [2.45, 2.75) is 73.1 Å². The first-order chi connectivity index (χ1) is 15.7. The van der Waals surface area contributed by atoms with Gasteiger partial charge in [0.1, 0.15) is 6.61 Å². The van der Waals surface area contributed by atoms with Gasteiger partial charge >= 0.3 is 11.9 Å². The summed E-state index contributed by atoms with van der Waals surface area (Å²) in [5.74, 6) is -0.838. The zero-order valence-electron chi connectivity index (χ0n) is 21.2. The third-order valence-corrected chi connectivity index (χ3v) is 5.34. The van der Waals surface area contributed by atoms with Gasteiger partial charge in [-0.1, -0.05) is 40.5 Å². The average molecular weight is 453 g/mol. The van der Waals surface area contributed by atoms with Crippen molar-refractivity contribution in [2.75, 3.05) is 13.7 Å². The Kier molecular flexibility index (Phi) is 13.5. The highest BCUT2D eigenvalue weighted by Gasteiger charge is 2.09. The van der Waals surface area contributed by atoms with Gasteiger partial charge in [-0.3, -0.25) is 0 Å². The van der Waals surface area contributed by atoms with Crippen molar-refractivity contribution in [3.8, 4) is 0 Å². The number of esters is 2. The lowest BCUT2D eigenvalue weighted by atomic mass is 10.0. The Hall–Kier alpha value is -2.88. The molecule has 0 unspecified atom stereocenters. The molecule has 4 heteroatoms. The minimum Gasteiger partial charge on any atom is -0.465 e. The number of carbonyl (C=O) groups excluding carboxylic acids is 2. The van der Waals surface area contributed by atoms with Crippen molar-refractivity contribution < 1.29 is 19.1 Å². The van der Waals surface area contributed by atoms with Gasteiger partial charge in [0.25, 0.3) is 0 Å². The van der Waals surface area contributed by atoms with Crippen LogP contribution in [0.1, 0.15) is 93.9 Å². The summed E-state index contributed by atoms with van der Waals surface area (Å²) in [5.41, 5.74) is 6.28. The first-order valence-electron chi connectivity index (χ1n) is 11.7. The van der Waals surface area contributed by atoms with Crippen LogP contribution in [0.15, 0.2) is 70.9 Å². The van der Waals surface area contributed by atoms with E-state index in [0.717, 1.165) is 38.5 Å². The van der Waals surface area contributed by atoms with Crippen LogP contribution in [0.5, 0.6) is 0 Å². The molecule has 0 aliphatic carbocycles. The van der Waals surface area contributed by atoms with E-state index < -0.39 is 11.9 Å². The number of hydrogen-bond donors (Lipinski definition) is 0. The zero-order chi connectivity index (χ0) is 24.6. The lowest BCUT2D eigenvalue weighted by Gasteiger charge is -2.05. The fraction of sp³-hybridized carbons (Fsp3) is 0.448. The monoisotopic (exact) mass is 452 g/mol. The molecule has 0 radical (unpaired) electrons. The van der Waals surface area contributed by atoms with Crippen LogP contribution in [0, 0.1) is 0 Å². The van der Waals surface area contributed by atoms with E-state index in [9.17, 15) is 9.59 Å². The van der Waals surface area contributed by atoms with Crippen LogP contribution in [0.25, 0.3) is 0 Å². The molecule has 0 fully saturated rings. The molecule has 1 rings (SSSR count). The highest BCUT2D eigenvalue weighted by molar-refractivity contribution is 5.93. The minimum atomic E-state index is -0.431. The summed E-state index contributed by atoms with van der Waals surface area (Å²) in [5, 5.41) is 0. The fourth-order valence-corrected chi connectivity index (χ4v) is 3.19. The second kappa shape index (κ2) is 15.8. The molecule has 0 amide bonds. The molecule has 0 aliphatic rings. The van der Waals surface area contributed by atoms with Crippen molar-refractivity contribution in [1.82, 2.24) is 0 Å². The van der Waals surface area contributed by atoms with Crippen molar-refractivity contribution in [3.05, 3.63) is 82.0 Å². The molecule has 0 aromatic heterocycles. The maximum atomic E-state index is 12.1. The van der Waals surface area contributed by atoms with Crippen LogP contribution < -0.4 is 0 Å². The molecule has 0 saturated carbocycles. The van der Waals surface area contributed by atoms with E-state index in [1.54, 1.807) is 24.3 Å². The third-order valence-electron chi connectivity index (χ3n) is 5.34. The SMILES string of the molecule is COC(=O)c1ccc(C(=O)OC/C=C(/C)CCC=C(C)CC/C=C(\C)CCC=C(C)C)cc1. The Bertz CT molecular complexity index is 879. The van der Waals surface area contributed by atoms with Crippen LogP contribution in [0.3, 0.4) is 0 Å². The van der Waals surface area contributed by atoms with E-state index in [1.807, 2.05) is 6.08 Å². The lowest BCUT2D eigenvalue weighted by Crippen LogP contribution is -2.07. The summed E-state index contributed by atoms with van der Waals surface area (Å²) >= 11 is 0. The average Bonchev–Trinajstić information content (AvgIpc) is 2.78. The first-order valence-corrected chi connectivity index (χ1v) is 11.7. The van der Waals surface area contributed by atoms with Gasteiger partial charge in [0.05, 0.1) is 18.2 Å². The van der Waals surface area contributed by atoms with E-state index in [4.69, 9.17) is 4.74 Å². The van der Waals surface area contributed by atoms with Crippen LogP contribution in [0.2, 0.25) is 0 Å². The van der Waals surface area contributed by atoms with E-state index in [2.05, 4.69) is 57.6 Å². The summed E-state index contributed by atoms with van der Waals surface area (Å²) in [4.78, 5) is 23.6. The van der Waals surface area contributed by atoms with E-state index in [1.165, 1.54) is 29.4 Å². The third kappa shape index (κ3) is 12.7. The number of allylic oxidation sites excluding steroid dienone is 7. The van der Waals surface area contributed by atoms with Crippen LogP contribution >= 0.6 is 0 Å². The summed E-state index contributed by atoms with van der Waals surface area (Å²) in [6.07, 6.45) is 15.3. The molecule has 33 heavy (non-hydrogen) atoms. The maximum absolute atomic E-state index is 12.1. The topological polar surface area (TPSA) is 52.6 Å². The lowest BCUT2D eigenvalue weighted by molar-refractivity contribution is 0.0545. The van der Waals surface area contributed by atoms with E-state index >= 15 is 0 Å². The normalized spacial score (nSPS) is 12.4. The molecular formula is C29H40O4. The standard InChI is InChI=1S/C29H40O4/c1-22(2)10-7-11-23(3)12-8-13-24(4)14-9-15-25(5)20-21-33-29(31)27-18-16-26(17-19-27)28(30)32-6/h10,12,14,16-20H,7-9,11,13,15,21H2,1-6H3/b23-12+,24-14?,25-20-. The summed E-state index contributed by atoms with van der Waals surface area (Å²) in [6.45, 7) is 11.0. The number of ether oxygens (including phenoxy) is 2.